The van der Waals surface area contributed by atoms with Gasteiger partial charge in [0.05, 0.1) is 6.54 Å². The summed E-state index contributed by atoms with van der Waals surface area (Å²) in [6.45, 7) is 8.94. The second kappa shape index (κ2) is 9.60. The number of nitrogens with one attached hydrogen (secondary N) is 1. The van der Waals surface area contributed by atoms with Crippen LogP contribution in [0.5, 0.6) is 0 Å². The minimum atomic E-state index is -0.384. The second-order valence-corrected chi connectivity index (χ2v) is 7.09. The summed E-state index contributed by atoms with van der Waals surface area (Å²) in [4.78, 5) is 20.9. The molecule has 0 atom stereocenters. The van der Waals surface area contributed by atoms with Gasteiger partial charge >= 0.3 is 5.97 Å². The summed E-state index contributed by atoms with van der Waals surface area (Å²) in [6.07, 6.45) is 0.860. The number of pyridine rings is 1. The van der Waals surface area contributed by atoms with Crippen LogP contribution in [0.1, 0.15) is 48.8 Å². The van der Waals surface area contributed by atoms with Gasteiger partial charge in [0.2, 0.25) is 0 Å². The van der Waals surface area contributed by atoms with E-state index in [1.165, 1.54) is 6.92 Å². The van der Waals surface area contributed by atoms with Crippen molar-refractivity contribution in [1.29, 1.82) is 0 Å². The highest BCUT2D eigenvalue weighted by molar-refractivity contribution is 5.73. The predicted molar refractivity (Wildman–Crippen MR) is 107 cm³/mol. The van der Waals surface area contributed by atoms with Gasteiger partial charge in [-0.05, 0) is 47.1 Å². The molecule has 1 aromatic carbocycles. The summed E-state index contributed by atoms with van der Waals surface area (Å²) in [5.74, 6) is 0.0876. The summed E-state index contributed by atoms with van der Waals surface area (Å²) in [7, 11) is 0. The van der Waals surface area contributed by atoms with Gasteiger partial charge < -0.3 is 16.3 Å². The molecule has 146 valence electrons. The Morgan fingerprint density at radius 3 is 2.33 bits per heavy atom. The number of carbonyl (C=O) groups is 1. The third-order valence-electron chi connectivity index (χ3n) is 4.44. The Morgan fingerprint density at radius 1 is 1.15 bits per heavy atom. The molecule has 1 heterocycles. The molecule has 0 saturated carbocycles. The van der Waals surface area contributed by atoms with E-state index in [1.807, 2.05) is 19.1 Å². The number of aromatic nitrogens is 1. The van der Waals surface area contributed by atoms with Crippen molar-refractivity contribution in [2.45, 2.75) is 53.8 Å². The molecule has 0 aliphatic rings. The van der Waals surface area contributed by atoms with E-state index in [0.717, 1.165) is 45.6 Å². The van der Waals surface area contributed by atoms with E-state index in [4.69, 9.17) is 21.3 Å². The van der Waals surface area contributed by atoms with Crippen LogP contribution >= 0.6 is 0 Å². The molecule has 0 aliphatic carbocycles. The zero-order chi connectivity index (χ0) is 20.0. The Balaban J connectivity index is 2.60. The number of aryl methyl sites for hydroxylation is 1. The third kappa shape index (κ3) is 5.35. The average Bonchev–Trinajstić information content (AvgIpc) is 2.62. The quantitative estimate of drug-likeness (QED) is 0.617. The fourth-order valence-electron chi connectivity index (χ4n) is 3.20. The number of benzene rings is 1. The van der Waals surface area contributed by atoms with Crippen molar-refractivity contribution in [1.82, 2.24) is 10.5 Å². The van der Waals surface area contributed by atoms with Crippen molar-refractivity contribution in [3.8, 4) is 11.1 Å². The van der Waals surface area contributed by atoms with Crippen molar-refractivity contribution in [3.05, 3.63) is 52.3 Å². The lowest BCUT2D eigenvalue weighted by molar-refractivity contribution is -0.148. The highest BCUT2D eigenvalue weighted by Crippen LogP contribution is 2.32. The van der Waals surface area contributed by atoms with Gasteiger partial charge in [-0.2, -0.15) is 0 Å². The van der Waals surface area contributed by atoms with Gasteiger partial charge in [-0.1, -0.05) is 38.1 Å². The standard InChI is InChI=1S/C21H30N4O2/c1-13(2)9-20-18(11-23)21(17-7-5-16(10-22)6-8-17)19(14(3)25-20)12-24-27-15(4)26/h5-8,13,24H,9-12,22-23H2,1-4H3. The molecule has 2 rings (SSSR count). The van der Waals surface area contributed by atoms with Crippen LogP contribution < -0.4 is 16.9 Å². The van der Waals surface area contributed by atoms with Crippen LogP contribution in [0, 0.1) is 12.8 Å². The number of rotatable bonds is 8. The molecule has 6 nitrogen and oxygen atoms in total. The number of nitrogens with two attached hydrogens (primary N) is 2. The van der Waals surface area contributed by atoms with E-state index >= 15 is 0 Å². The molecule has 0 spiro atoms. The number of carbonyl (C=O) groups excluding carboxylic acids is 1. The lowest BCUT2D eigenvalue weighted by atomic mass is 9.89. The summed E-state index contributed by atoms with van der Waals surface area (Å²) in [5.41, 5.74) is 21.8. The maximum Gasteiger partial charge on any atom is 0.321 e. The molecule has 2 aromatic rings. The predicted octanol–water partition coefficient (Wildman–Crippen LogP) is 2.74. The summed E-state index contributed by atoms with van der Waals surface area (Å²) in [5, 5.41) is 0. The van der Waals surface area contributed by atoms with Crippen LogP contribution in [0.4, 0.5) is 0 Å². The fourth-order valence-corrected chi connectivity index (χ4v) is 3.20. The molecule has 0 unspecified atom stereocenters. The average molecular weight is 370 g/mol. The fraction of sp³-hybridized carbons (Fsp3) is 0.429. The molecule has 0 saturated heterocycles. The molecule has 0 fully saturated rings. The molecule has 0 aliphatic heterocycles. The Labute approximate surface area is 161 Å². The highest BCUT2D eigenvalue weighted by Gasteiger charge is 2.19. The van der Waals surface area contributed by atoms with E-state index in [0.29, 0.717) is 25.6 Å². The molecule has 5 N–H and O–H groups in total. The Morgan fingerprint density at radius 2 is 1.81 bits per heavy atom. The van der Waals surface area contributed by atoms with E-state index in [-0.39, 0.29) is 5.97 Å². The maximum atomic E-state index is 11.1. The Bertz CT molecular complexity index is 786. The smallest absolute Gasteiger partial charge is 0.321 e. The summed E-state index contributed by atoms with van der Waals surface area (Å²) in [6, 6.07) is 8.17. The molecule has 6 heteroatoms. The minimum Gasteiger partial charge on any atom is -0.371 e. The number of hydrogen-bond donors (Lipinski definition) is 3. The highest BCUT2D eigenvalue weighted by atomic mass is 16.7. The van der Waals surface area contributed by atoms with E-state index in [2.05, 4.69) is 31.5 Å². The lowest BCUT2D eigenvalue weighted by Crippen LogP contribution is -2.21. The summed E-state index contributed by atoms with van der Waals surface area (Å²) >= 11 is 0. The zero-order valence-electron chi connectivity index (χ0n) is 16.6. The molecule has 0 radical (unpaired) electrons. The minimum absolute atomic E-state index is 0.362. The number of hydroxylamine groups is 1. The van der Waals surface area contributed by atoms with Gasteiger partial charge in [-0.15, -0.1) is 5.48 Å². The van der Waals surface area contributed by atoms with E-state index in [1.54, 1.807) is 0 Å². The van der Waals surface area contributed by atoms with Crippen LogP contribution in [-0.2, 0) is 35.7 Å². The topological polar surface area (TPSA) is 103 Å². The zero-order valence-corrected chi connectivity index (χ0v) is 16.6. The van der Waals surface area contributed by atoms with Crippen molar-refractivity contribution in [3.63, 3.8) is 0 Å². The van der Waals surface area contributed by atoms with Gasteiger partial charge in [-0.3, -0.25) is 9.78 Å². The van der Waals surface area contributed by atoms with Crippen LogP contribution in [0.2, 0.25) is 0 Å². The van der Waals surface area contributed by atoms with Crippen LogP contribution in [0.15, 0.2) is 24.3 Å². The van der Waals surface area contributed by atoms with Crippen molar-refractivity contribution in [2.24, 2.45) is 17.4 Å². The van der Waals surface area contributed by atoms with Gasteiger partial charge in [0, 0.05) is 31.4 Å². The van der Waals surface area contributed by atoms with E-state index in [9.17, 15) is 4.79 Å². The first kappa shape index (κ1) is 21.0. The first-order chi connectivity index (χ1) is 12.9. The molecule has 0 amide bonds. The molecular formula is C21H30N4O2. The van der Waals surface area contributed by atoms with Crippen molar-refractivity contribution >= 4 is 5.97 Å². The van der Waals surface area contributed by atoms with Gasteiger partial charge in [-0.25, -0.2) is 0 Å². The van der Waals surface area contributed by atoms with Gasteiger partial charge in [0.25, 0.3) is 0 Å². The number of hydrogen-bond acceptors (Lipinski definition) is 6. The molecule has 27 heavy (non-hydrogen) atoms. The van der Waals surface area contributed by atoms with Crippen LogP contribution in [-0.4, -0.2) is 11.0 Å². The maximum absolute atomic E-state index is 11.1. The summed E-state index contributed by atoms with van der Waals surface area (Å²) < 4.78 is 0. The van der Waals surface area contributed by atoms with Gasteiger partial charge in [0.1, 0.15) is 0 Å². The Hall–Kier alpha value is -2.28. The third-order valence-corrected chi connectivity index (χ3v) is 4.44. The Kier molecular flexibility index (Phi) is 7.47. The lowest BCUT2D eigenvalue weighted by Gasteiger charge is -2.21. The second-order valence-electron chi connectivity index (χ2n) is 7.09. The van der Waals surface area contributed by atoms with Crippen LogP contribution in [0.3, 0.4) is 0 Å². The number of nitrogens with zero attached hydrogens (tertiary/aromatic N) is 1. The van der Waals surface area contributed by atoms with Crippen LogP contribution in [0.25, 0.3) is 11.1 Å². The van der Waals surface area contributed by atoms with E-state index < -0.39 is 0 Å². The molecule has 1 aromatic heterocycles. The van der Waals surface area contributed by atoms with Crippen molar-refractivity contribution < 1.29 is 9.63 Å². The normalized spacial score (nSPS) is 11.1. The van der Waals surface area contributed by atoms with Crippen molar-refractivity contribution in [2.75, 3.05) is 0 Å². The molecular weight excluding hydrogens is 340 g/mol. The monoisotopic (exact) mass is 370 g/mol. The van der Waals surface area contributed by atoms with Gasteiger partial charge in [0.15, 0.2) is 0 Å². The molecule has 0 bridgehead atoms. The first-order valence-corrected chi connectivity index (χ1v) is 9.28. The first-order valence-electron chi connectivity index (χ1n) is 9.28. The SMILES string of the molecule is CC(=O)ONCc1c(C)nc(CC(C)C)c(CN)c1-c1ccc(CN)cc1. The largest absolute Gasteiger partial charge is 0.371 e.